The summed E-state index contributed by atoms with van der Waals surface area (Å²) < 4.78 is 12.4. The molecule has 7 aromatic carbocycles. The molecule has 0 saturated heterocycles. The Bertz CT molecular complexity index is 2870. The molecule has 3 heterocycles. The Hall–Kier alpha value is -6.85. The molecule has 0 fully saturated rings. The van der Waals surface area contributed by atoms with Crippen molar-refractivity contribution in [1.29, 1.82) is 0 Å². The van der Waals surface area contributed by atoms with Crippen LogP contribution in [0.2, 0.25) is 0 Å². The third kappa shape index (κ3) is 4.75. The average molecular weight is 642 g/mol. The van der Waals surface area contributed by atoms with E-state index in [9.17, 15) is 0 Å². The van der Waals surface area contributed by atoms with Gasteiger partial charge in [0.15, 0.2) is 17.5 Å². The Labute approximate surface area is 287 Å². The van der Waals surface area contributed by atoms with Gasteiger partial charge in [-0.2, -0.15) is 0 Å². The van der Waals surface area contributed by atoms with Gasteiger partial charge in [0.25, 0.3) is 0 Å². The van der Waals surface area contributed by atoms with E-state index in [1.807, 2.05) is 78.9 Å². The summed E-state index contributed by atoms with van der Waals surface area (Å²) in [7, 11) is 0. The topological polar surface area (TPSA) is 65.0 Å². The maximum absolute atomic E-state index is 6.20. The average Bonchev–Trinajstić information content (AvgIpc) is 3.76. The molecule has 0 amide bonds. The van der Waals surface area contributed by atoms with Crippen molar-refractivity contribution >= 4 is 43.9 Å². The summed E-state index contributed by atoms with van der Waals surface area (Å²) in [6.07, 6.45) is 0. The zero-order chi connectivity index (χ0) is 33.0. The summed E-state index contributed by atoms with van der Waals surface area (Å²) in [4.78, 5) is 15.1. The largest absolute Gasteiger partial charge is 0.456 e. The molecule has 0 unspecified atom stereocenters. The van der Waals surface area contributed by atoms with Crippen molar-refractivity contribution in [3.05, 3.63) is 164 Å². The van der Waals surface area contributed by atoms with Gasteiger partial charge in [-0.3, -0.25) is 0 Å². The first-order chi connectivity index (χ1) is 24.7. The van der Waals surface area contributed by atoms with E-state index in [0.29, 0.717) is 17.5 Å². The number of nitrogens with zero attached hydrogens (tertiary/aromatic N) is 3. The van der Waals surface area contributed by atoms with Crippen LogP contribution in [0.25, 0.3) is 100 Å². The second-order valence-corrected chi connectivity index (χ2v) is 12.4. The summed E-state index contributed by atoms with van der Waals surface area (Å²) in [5.41, 5.74) is 10.6. The molecule has 10 aromatic rings. The Balaban J connectivity index is 1.05. The van der Waals surface area contributed by atoms with E-state index in [0.717, 1.165) is 82.8 Å². The number of fused-ring (bicyclic) bond motifs is 6. The lowest BCUT2D eigenvalue weighted by Gasteiger charge is -2.10. The van der Waals surface area contributed by atoms with E-state index in [-0.39, 0.29) is 0 Å². The number of aromatic nitrogens is 3. The van der Waals surface area contributed by atoms with E-state index < -0.39 is 0 Å². The van der Waals surface area contributed by atoms with Gasteiger partial charge in [0.05, 0.1) is 0 Å². The maximum atomic E-state index is 6.20. The van der Waals surface area contributed by atoms with Crippen molar-refractivity contribution in [3.63, 3.8) is 0 Å². The minimum atomic E-state index is 0.599. The van der Waals surface area contributed by atoms with E-state index in [1.54, 1.807) is 0 Å². The van der Waals surface area contributed by atoms with Crippen LogP contribution in [0.1, 0.15) is 0 Å². The first-order valence-electron chi connectivity index (χ1n) is 16.6. The fraction of sp³-hybridized carbons (Fsp3) is 0. The molecule has 0 bridgehead atoms. The summed E-state index contributed by atoms with van der Waals surface area (Å²) in [5, 5.41) is 4.29. The zero-order valence-corrected chi connectivity index (χ0v) is 26.7. The highest BCUT2D eigenvalue weighted by Crippen LogP contribution is 2.37. The Morgan fingerprint density at radius 1 is 0.300 bits per heavy atom. The number of benzene rings is 7. The van der Waals surface area contributed by atoms with Crippen LogP contribution in [-0.2, 0) is 0 Å². The second kappa shape index (κ2) is 11.4. The lowest BCUT2D eigenvalue weighted by Crippen LogP contribution is -2.00. The van der Waals surface area contributed by atoms with Crippen LogP contribution in [0.3, 0.4) is 0 Å². The van der Waals surface area contributed by atoms with Gasteiger partial charge >= 0.3 is 0 Å². The van der Waals surface area contributed by atoms with E-state index >= 15 is 0 Å². The molecule has 0 spiro atoms. The van der Waals surface area contributed by atoms with Crippen molar-refractivity contribution in [1.82, 2.24) is 15.0 Å². The molecule has 0 atom stereocenters. The molecular formula is C45H27N3O2. The molecule has 0 aliphatic heterocycles. The van der Waals surface area contributed by atoms with Crippen molar-refractivity contribution in [2.75, 3.05) is 0 Å². The minimum Gasteiger partial charge on any atom is -0.456 e. The fourth-order valence-corrected chi connectivity index (χ4v) is 6.90. The lowest BCUT2D eigenvalue weighted by molar-refractivity contribution is 0.668. The summed E-state index contributed by atoms with van der Waals surface area (Å²) in [6, 6.07) is 55.8. The third-order valence-electron chi connectivity index (χ3n) is 9.36. The van der Waals surface area contributed by atoms with Crippen LogP contribution in [-0.4, -0.2) is 15.0 Å². The van der Waals surface area contributed by atoms with Gasteiger partial charge < -0.3 is 8.83 Å². The van der Waals surface area contributed by atoms with Gasteiger partial charge in [0.2, 0.25) is 0 Å². The monoisotopic (exact) mass is 641 g/mol. The van der Waals surface area contributed by atoms with Crippen LogP contribution >= 0.6 is 0 Å². The van der Waals surface area contributed by atoms with Gasteiger partial charge in [-0.1, -0.05) is 127 Å². The summed E-state index contributed by atoms with van der Waals surface area (Å²) in [5.74, 6) is 1.82. The molecular weight excluding hydrogens is 615 g/mol. The smallest absolute Gasteiger partial charge is 0.164 e. The van der Waals surface area contributed by atoms with Crippen LogP contribution in [0.5, 0.6) is 0 Å². The highest BCUT2D eigenvalue weighted by molar-refractivity contribution is 6.11. The van der Waals surface area contributed by atoms with Crippen molar-refractivity contribution < 1.29 is 8.83 Å². The van der Waals surface area contributed by atoms with Gasteiger partial charge in [0.1, 0.15) is 22.3 Å². The predicted octanol–water partition coefficient (Wildman–Crippen LogP) is 12.0. The molecule has 0 aliphatic carbocycles. The number of hydrogen-bond donors (Lipinski definition) is 0. The Kier molecular flexibility index (Phi) is 6.42. The van der Waals surface area contributed by atoms with Gasteiger partial charge in [-0.05, 0) is 58.7 Å². The Morgan fingerprint density at radius 3 is 1.62 bits per heavy atom. The van der Waals surface area contributed by atoms with Crippen LogP contribution in [0, 0.1) is 0 Å². The number of rotatable bonds is 5. The summed E-state index contributed by atoms with van der Waals surface area (Å²) >= 11 is 0. The first kappa shape index (κ1) is 28.2. The van der Waals surface area contributed by atoms with Gasteiger partial charge in [0, 0.05) is 38.2 Å². The summed E-state index contributed by atoms with van der Waals surface area (Å²) in [6.45, 7) is 0. The van der Waals surface area contributed by atoms with Crippen LogP contribution in [0.4, 0.5) is 0 Å². The van der Waals surface area contributed by atoms with Crippen LogP contribution < -0.4 is 0 Å². The first-order valence-corrected chi connectivity index (χ1v) is 16.6. The molecule has 234 valence electrons. The minimum absolute atomic E-state index is 0.599. The quantitative estimate of drug-likeness (QED) is 0.187. The Morgan fingerprint density at radius 2 is 0.820 bits per heavy atom. The third-order valence-corrected chi connectivity index (χ3v) is 9.36. The normalized spacial score (nSPS) is 11.6. The van der Waals surface area contributed by atoms with E-state index in [2.05, 4.69) is 84.9 Å². The molecule has 3 aromatic heterocycles. The number of hydrogen-bond acceptors (Lipinski definition) is 5. The van der Waals surface area contributed by atoms with Crippen molar-refractivity contribution in [3.8, 4) is 56.4 Å². The molecule has 0 N–H and O–H groups in total. The predicted molar refractivity (Wildman–Crippen MR) is 202 cm³/mol. The zero-order valence-electron chi connectivity index (χ0n) is 26.7. The molecule has 50 heavy (non-hydrogen) atoms. The molecule has 5 nitrogen and oxygen atoms in total. The van der Waals surface area contributed by atoms with E-state index in [1.165, 1.54) is 0 Å². The molecule has 0 aliphatic rings. The highest BCUT2D eigenvalue weighted by atomic mass is 16.3. The van der Waals surface area contributed by atoms with Gasteiger partial charge in [-0.25, -0.2) is 15.0 Å². The highest BCUT2D eigenvalue weighted by Gasteiger charge is 2.18. The lowest BCUT2D eigenvalue weighted by atomic mass is 9.98. The molecule has 5 heteroatoms. The number of para-hydroxylation sites is 2. The SMILES string of the molecule is c1ccc(-c2nc(-c3cccc(-c4ccc(-c5ccc6c(c5)oc5ccccc56)cc4)c3)nc(-c3cccc4oc5ccccc5c34)n2)cc1. The molecule has 0 saturated carbocycles. The van der Waals surface area contributed by atoms with Crippen molar-refractivity contribution in [2.45, 2.75) is 0 Å². The maximum Gasteiger partial charge on any atom is 0.164 e. The number of furan rings is 2. The standard InChI is InChI=1S/C45H27N3O2/c1-2-10-30(11-3-1)43-46-44(48-45(47-43)37-16-9-19-40-42(37)36-15-5-7-18-39(36)49-40)33-13-8-12-31(26-33)28-20-22-29(23-21-28)32-24-25-35-34-14-4-6-17-38(34)50-41(35)27-32/h1-27H. The van der Waals surface area contributed by atoms with E-state index in [4.69, 9.17) is 23.8 Å². The van der Waals surface area contributed by atoms with Gasteiger partial charge in [-0.15, -0.1) is 0 Å². The second-order valence-electron chi connectivity index (χ2n) is 12.4. The molecule has 10 rings (SSSR count). The molecule has 0 radical (unpaired) electrons. The van der Waals surface area contributed by atoms with Crippen LogP contribution in [0.15, 0.2) is 173 Å². The fourth-order valence-electron chi connectivity index (χ4n) is 6.90. The van der Waals surface area contributed by atoms with Crippen molar-refractivity contribution in [2.24, 2.45) is 0 Å².